The maximum Gasteiger partial charge on any atom is 0.356 e. The average Bonchev–Trinajstić information content (AvgIpc) is 2.55. The van der Waals surface area contributed by atoms with E-state index in [1.165, 1.54) is 6.20 Å². The van der Waals surface area contributed by atoms with Crippen LogP contribution in [0.15, 0.2) is 12.3 Å². The highest BCUT2D eigenvalue weighted by Crippen LogP contribution is 2.01. The summed E-state index contributed by atoms with van der Waals surface area (Å²) in [6.45, 7) is 4.64. The number of carbonyl (C=O) groups excluding carboxylic acids is 1. The number of carbonyl (C=O) groups is 1. The van der Waals surface area contributed by atoms with Gasteiger partial charge in [0.15, 0.2) is 0 Å². The summed E-state index contributed by atoms with van der Waals surface area (Å²) in [4.78, 5) is 11.2. The summed E-state index contributed by atoms with van der Waals surface area (Å²) >= 11 is 0. The van der Waals surface area contributed by atoms with Crippen molar-refractivity contribution in [3.05, 3.63) is 18.0 Å². The molecule has 0 atom stereocenters. The van der Waals surface area contributed by atoms with Gasteiger partial charge in [-0.15, -0.1) is 0 Å². The van der Waals surface area contributed by atoms with Crippen LogP contribution >= 0.6 is 0 Å². The van der Waals surface area contributed by atoms with Crippen LogP contribution in [0, 0.1) is 5.92 Å². The summed E-state index contributed by atoms with van der Waals surface area (Å²) in [7, 11) is 0. The van der Waals surface area contributed by atoms with Gasteiger partial charge in [-0.3, -0.25) is 5.10 Å². The highest BCUT2D eigenvalue weighted by molar-refractivity contribution is 5.86. The molecule has 0 aliphatic carbocycles. The lowest BCUT2D eigenvalue weighted by molar-refractivity contribution is 0.0481. The van der Waals surface area contributed by atoms with Crippen LogP contribution in [0.4, 0.5) is 0 Å². The zero-order chi connectivity index (χ0) is 9.68. The van der Waals surface area contributed by atoms with Crippen molar-refractivity contribution in [2.75, 3.05) is 6.61 Å². The molecule has 0 amide bonds. The molecule has 0 radical (unpaired) electrons. The zero-order valence-corrected chi connectivity index (χ0v) is 7.91. The Labute approximate surface area is 77.3 Å². The summed E-state index contributed by atoms with van der Waals surface area (Å²) < 4.78 is 4.99. The van der Waals surface area contributed by atoms with Crippen molar-refractivity contribution in [3.63, 3.8) is 0 Å². The first kappa shape index (κ1) is 9.77. The molecule has 0 aliphatic heterocycles. The Hall–Kier alpha value is -1.32. The predicted molar refractivity (Wildman–Crippen MR) is 48.3 cm³/mol. The van der Waals surface area contributed by atoms with Crippen molar-refractivity contribution in [2.45, 2.75) is 20.3 Å². The van der Waals surface area contributed by atoms with Crippen LogP contribution in [0.3, 0.4) is 0 Å². The van der Waals surface area contributed by atoms with E-state index in [0.717, 1.165) is 6.42 Å². The van der Waals surface area contributed by atoms with Gasteiger partial charge in [-0.05, 0) is 18.4 Å². The third-order valence-corrected chi connectivity index (χ3v) is 1.65. The number of aromatic amines is 1. The smallest absolute Gasteiger partial charge is 0.356 e. The SMILES string of the molecule is CC(C)CCOC(=O)c1ccn[nH]1. The fourth-order valence-corrected chi connectivity index (χ4v) is 0.835. The third-order valence-electron chi connectivity index (χ3n) is 1.65. The van der Waals surface area contributed by atoms with E-state index in [9.17, 15) is 4.79 Å². The number of rotatable bonds is 4. The second kappa shape index (κ2) is 4.64. The summed E-state index contributed by atoms with van der Waals surface area (Å²) in [5.41, 5.74) is 0.406. The summed E-state index contributed by atoms with van der Waals surface area (Å²) in [5.74, 6) is 0.215. The van der Waals surface area contributed by atoms with Gasteiger partial charge < -0.3 is 4.74 Å². The Morgan fingerprint density at radius 2 is 2.46 bits per heavy atom. The van der Waals surface area contributed by atoms with Crippen LogP contribution in [0.5, 0.6) is 0 Å². The standard InChI is InChI=1S/C9H14N2O2/c1-7(2)4-6-13-9(12)8-3-5-10-11-8/h3,5,7H,4,6H2,1-2H3,(H,10,11). The molecule has 1 N–H and O–H groups in total. The molecule has 4 nitrogen and oxygen atoms in total. The number of hydrogen-bond acceptors (Lipinski definition) is 3. The first-order valence-corrected chi connectivity index (χ1v) is 4.36. The maximum absolute atomic E-state index is 11.2. The van der Waals surface area contributed by atoms with E-state index in [1.807, 2.05) is 0 Å². The Bertz CT molecular complexity index is 255. The first-order chi connectivity index (χ1) is 6.20. The van der Waals surface area contributed by atoms with Crippen LogP contribution in [0.2, 0.25) is 0 Å². The van der Waals surface area contributed by atoms with Gasteiger partial charge in [0.1, 0.15) is 5.69 Å². The van der Waals surface area contributed by atoms with E-state index in [0.29, 0.717) is 18.2 Å². The van der Waals surface area contributed by atoms with E-state index >= 15 is 0 Å². The fraction of sp³-hybridized carbons (Fsp3) is 0.556. The molecular weight excluding hydrogens is 168 g/mol. The summed E-state index contributed by atoms with van der Waals surface area (Å²) in [6.07, 6.45) is 2.42. The van der Waals surface area contributed by atoms with E-state index in [2.05, 4.69) is 24.0 Å². The molecule has 1 aromatic heterocycles. The molecule has 0 unspecified atom stereocenters. The minimum Gasteiger partial charge on any atom is -0.461 e. The molecule has 1 aromatic rings. The molecule has 4 heteroatoms. The zero-order valence-electron chi connectivity index (χ0n) is 7.91. The molecule has 0 bridgehead atoms. The van der Waals surface area contributed by atoms with Crippen molar-refractivity contribution in [3.8, 4) is 0 Å². The number of aromatic nitrogens is 2. The van der Waals surface area contributed by atoms with E-state index in [4.69, 9.17) is 4.74 Å². The number of nitrogens with zero attached hydrogens (tertiary/aromatic N) is 1. The van der Waals surface area contributed by atoms with Crippen molar-refractivity contribution in [1.29, 1.82) is 0 Å². The van der Waals surface area contributed by atoms with Crippen molar-refractivity contribution >= 4 is 5.97 Å². The summed E-state index contributed by atoms with van der Waals surface area (Å²) in [5, 5.41) is 6.21. The molecule has 72 valence electrons. The maximum atomic E-state index is 11.2. The minimum absolute atomic E-state index is 0.335. The average molecular weight is 182 g/mol. The number of H-pyrrole nitrogens is 1. The Kier molecular flexibility index (Phi) is 3.49. The molecule has 1 heterocycles. The predicted octanol–water partition coefficient (Wildman–Crippen LogP) is 1.61. The normalized spacial score (nSPS) is 10.4. The van der Waals surface area contributed by atoms with Gasteiger partial charge in [0.25, 0.3) is 0 Å². The molecule has 0 aromatic carbocycles. The van der Waals surface area contributed by atoms with Gasteiger partial charge in [0.2, 0.25) is 0 Å². The van der Waals surface area contributed by atoms with Gasteiger partial charge in [0, 0.05) is 6.20 Å². The molecule has 13 heavy (non-hydrogen) atoms. The van der Waals surface area contributed by atoms with E-state index in [1.54, 1.807) is 6.07 Å². The second-order valence-corrected chi connectivity index (χ2v) is 3.29. The molecule has 1 rings (SSSR count). The molecule has 0 aliphatic rings. The summed E-state index contributed by atoms with van der Waals surface area (Å²) in [6, 6.07) is 1.59. The van der Waals surface area contributed by atoms with Crippen molar-refractivity contribution < 1.29 is 9.53 Å². The molecule has 0 fully saturated rings. The largest absolute Gasteiger partial charge is 0.461 e. The lowest BCUT2D eigenvalue weighted by Crippen LogP contribution is -2.08. The number of ether oxygens (including phenoxy) is 1. The van der Waals surface area contributed by atoms with Gasteiger partial charge in [-0.2, -0.15) is 5.10 Å². The van der Waals surface area contributed by atoms with Crippen LogP contribution in [0.25, 0.3) is 0 Å². The van der Waals surface area contributed by atoms with Crippen LogP contribution in [-0.2, 0) is 4.74 Å². The lowest BCUT2D eigenvalue weighted by atomic mass is 10.1. The van der Waals surface area contributed by atoms with Crippen molar-refractivity contribution in [1.82, 2.24) is 10.2 Å². The number of nitrogens with one attached hydrogen (secondary N) is 1. The topological polar surface area (TPSA) is 55.0 Å². The number of hydrogen-bond donors (Lipinski definition) is 1. The number of esters is 1. The van der Waals surface area contributed by atoms with E-state index in [-0.39, 0.29) is 5.97 Å². The van der Waals surface area contributed by atoms with Crippen LogP contribution in [0.1, 0.15) is 30.8 Å². The quantitative estimate of drug-likeness (QED) is 0.720. The van der Waals surface area contributed by atoms with Gasteiger partial charge in [0.05, 0.1) is 6.61 Å². The highest BCUT2D eigenvalue weighted by Gasteiger charge is 2.07. The fourth-order valence-electron chi connectivity index (χ4n) is 0.835. The minimum atomic E-state index is -0.335. The van der Waals surface area contributed by atoms with Gasteiger partial charge in [-0.1, -0.05) is 13.8 Å². The Balaban J connectivity index is 2.27. The lowest BCUT2D eigenvalue weighted by Gasteiger charge is -2.04. The van der Waals surface area contributed by atoms with Gasteiger partial charge in [-0.25, -0.2) is 4.79 Å². The molecule has 0 saturated carbocycles. The monoisotopic (exact) mass is 182 g/mol. The molecule has 0 saturated heterocycles. The van der Waals surface area contributed by atoms with E-state index < -0.39 is 0 Å². The Morgan fingerprint density at radius 3 is 3.00 bits per heavy atom. The highest BCUT2D eigenvalue weighted by atomic mass is 16.5. The van der Waals surface area contributed by atoms with Crippen molar-refractivity contribution in [2.24, 2.45) is 5.92 Å². The van der Waals surface area contributed by atoms with Crippen LogP contribution in [-0.4, -0.2) is 22.8 Å². The second-order valence-electron chi connectivity index (χ2n) is 3.29. The van der Waals surface area contributed by atoms with Crippen LogP contribution < -0.4 is 0 Å². The van der Waals surface area contributed by atoms with Gasteiger partial charge >= 0.3 is 5.97 Å². The molecule has 0 spiro atoms. The third kappa shape index (κ3) is 3.27. The Morgan fingerprint density at radius 1 is 1.69 bits per heavy atom. The molecular formula is C9H14N2O2. The first-order valence-electron chi connectivity index (χ1n) is 4.36.